The summed E-state index contributed by atoms with van der Waals surface area (Å²) in [6, 6.07) is 11.4. The molecule has 0 fully saturated rings. The van der Waals surface area contributed by atoms with Crippen molar-refractivity contribution in [2.75, 3.05) is 7.11 Å². The molecule has 7 heteroatoms. The highest BCUT2D eigenvalue weighted by atomic mass is 16.5. The standard InChI is InChI=1S/C18H16N2O5/c1-25-13-4-2-3-11(9-13)7-8-20-16(21)14-6-5-12(17(22)23)10-15(14)19-18(20)24/h2-6,9-10H,7-8H2,1H3,(H,19,24)(H,22,23). The normalized spacial score (nSPS) is 10.8. The van der Waals surface area contributed by atoms with E-state index >= 15 is 0 Å². The molecule has 1 heterocycles. The van der Waals surface area contributed by atoms with Crippen LogP contribution in [0, 0.1) is 0 Å². The molecule has 0 bridgehead atoms. The van der Waals surface area contributed by atoms with E-state index in [4.69, 9.17) is 9.84 Å². The molecule has 0 radical (unpaired) electrons. The van der Waals surface area contributed by atoms with Gasteiger partial charge in [-0.1, -0.05) is 12.1 Å². The number of aryl methyl sites for hydroxylation is 1. The molecule has 0 aliphatic rings. The summed E-state index contributed by atoms with van der Waals surface area (Å²) in [5.74, 6) is -0.413. The fourth-order valence-corrected chi connectivity index (χ4v) is 2.66. The Balaban J connectivity index is 1.96. The van der Waals surface area contributed by atoms with Crippen molar-refractivity contribution in [2.45, 2.75) is 13.0 Å². The highest BCUT2D eigenvalue weighted by Crippen LogP contribution is 2.13. The zero-order valence-electron chi connectivity index (χ0n) is 13.5. The zero-order chi connectivity index (χ0) is 18.0. The van der Waals surface area contributed by atoms with E-state index in [0.717, 1.165) is 10.1 Å². The van der Waals surface area contributed by atoms with Gasteiger partial charge in [0, 0.05) is 6.54 Å². The quantitative estimate of drug-likeness (QED) is 0.735. The maximum Gasteiger partial charge on any atom is 0.335 e. The maximum atomic E-state index is 12.5. The third-order valence-corrected chi connectivity index (χ3v) is 3.99. The lowest BCUT2D eigenvalue weighted by Gasteiger charge is -2.08. The first kappa shape index (κ1) is 16.5. The van der Waals surface area contributed by atoms with Crippen molar-refractivity contribution < 1.29 is 14.6 Å². The van der Waals surface area contributed by atoms with Crippen molar-refractivity contribution in [3.05, 3.63) is 74.4 Å². The van der Waals surface area contributed by atoms with Crippen LogP contribution in [0.3, 0.4) is 0 Å². The number of aromatic carboxylic acids is 1. The van der Waals surface area contributed by atoms with Gasteiger partial charge in [0.1, 0.15) is 5.75 Å². The van der Waals surface area contributed by atoms with Crippen LogP contribution in [0.2, 0.25) is 0 Å². The monoisotopic (exact) mass is 340 g/mol. The van der Waals surface area contributed by atoms with Crippen molar-refractivity contribution >= 4 is 16.9 Å². The molecule has 0 atom stereocenters. The fourth-order valence-electron chi connectivity index (χ4n) is 2.66. The predicted molar refractivity (Wildman–Crippen MR) is 92.5 cm³/mol. The summed E-state index contributed by atoms with van der Waals surface area (Å²) in [4.78, 5) is 38.3. The summed E-state index contributed by atoms with van der Waals surface area (Å²) in [7, 11) is 1.57. The zero-order valence-corrected chi connectivity index (χ0v) is 13.5. The summed E-state index contributed by atoms with van der Waals surface area (Å²) in [5.41, 5.74) is 0.151. The van der Waals surface area contributed by atoms with Gasteiger partial charge in [-0.2, -0.15) is 0 Å². The smallest absolute Gasteiger partial charge is 0.335 e. The first-order valence-corrected chi connectivity index (χ1v) is 7.62. The Bertz CT molecular complexity index is 1060. The lowest BCUT2D eigenvalue weighted by atomic mass is 10.1. The Morgan fingerprint density at radius 3 is 2.72 bits per heavy atom. The molecule has 2 N–H and O–H groups in total. The van der Waals surface area contributed by atoms with Crippen LogP contribution in [0.4, 0.5) is 0 Å². The Morgan fingerprint density at radius 2 is 2.00 bits per heavy atom. The van der Waals surface area contributed by atoms with Gasteiger partial charge in [-0.15, -0.1) is 0 Å². The molecular formula is C18H16N2O5. The number of aromatic amines is 1. The molecule has 128 valence electrons. The van der Waals surface area contributed by atoms with Gasteiger partial charge in [0.05, 0.1) is 23.6 Å². The van der Waals surface area contributed by atoms with E-state index < -0.39 is 17.2 Å². The number of carbonyl (C=O) groups is 1. The molecule has 7 nitrogen and oxygen atoms in total. The highest BCUT2D eigenvalue weighted by Gasteiger charge is 2.10. The minimum absolute atomic E-state index is 0.0108. The van der Waals surface area contributed by atoms with Crippen molar-refractivity contribution in [3.8, 4) is 5.75 Å². The van der Waals surface area contributed by atoms with Crippen LogP contribution in [0.25, 0.3) is 10.9 Å². The van der Waals surface area contributed by atoms with E-state index in [2.05, 4.69) is 4.98 Å². The summed E-state index contributed by atoms with van der Waals surface area (Å²) in [5, 5.41) is 9.28. The Hall–Kier alpha value is -3.35. The van der Waals surface area contributed by atoms with Gasteiger partial charge in [-0.3, -0.25) is 9.36 Å². The van der Waals surface area contributed by atoms with Crippen LogP contribution in [-0.2, 0) is 13.0 Å². The van der Waals surface area contributed by atoms with Gasteiger partial charge >= 0.3 is 11.7 Å². The van der Waals surface area contributed by atoms with E-state index in [1.165, 1.54) is 18.2 Å². The van der Waals surface area contributed by atoms with Crippen molar-refractivity contribution in [1.29, 1.82) is 0 Å². The van der Waals surface area contributed by atoms with E-state index in [-0.39, 0.29) is 23.0 Å². The highest BCUT2D eigenvalue weighted by molar-refractivity contribution is 5.92. The fraction of sp³-hybridized carbons (Fsp3) is 0.167. The molecule has 2 aromatic carbocycles. The van der Waals surface area contributed by atoms with Crippen LogP contribution in [0.1, 0.15) is 15.9 Å². The molecule has 3 rings (SSSR count). The van der Waals surface area contributed by atoms with E-state index in [0.29, 0.717) is 12.2 Å². The molecule has 3 aromatic rings. The Morgan fingerprint density at radius 1 is 1.20 bits per heavy atom. The third-order valence-electron chi connectivity index (χ3n) is 3.99. The average molecular weight is 340 g/mol. The van der Waals surface area contributed by atoms with Gasteiger partial charge in [0.15, 0.2) is 0 Å². The lowest BCUT2D eigenvalue weighted by Crippen LogP contribution is -2.35. The number of H-pyrrole nitrogens is 1. The number of carboxylic acids is 1. The van der Waals surface area contributed by atoms with Crippen molar-refractivity contribution in [2.24, 2.45) is 0 Å². The molecule has 0 aliphatic carbocycles. The van der Waals surface area contributed by atoms with E-state index in [9.17, 15) is 14.4 Å². The van der Waals surface area contributed by atoms with Crippen LogP contribution in [0.5, 0.6) is 5.75 Å². The molecule has 0 saturated heterocycles. The number of hydrogen-bond acceptors (Lipinski definition) is 4. The number of carboxylic acid groups (broad SMARTS) is 1. The van der Waals surface area contributed by atoms with Gasteiger partial charge < -0.3 is 14.8 Å². The van der Waals surface area contributed by atoms with Crippen LogP contribution >= 0.6 is 0 Å². The molecule has 0 amide bonds. The van der Waals surface area contributed by atoms with Crippen molar-refractivity contribution in [3.63, 3.8) is 0 Å². The lowest BCUT2D eigenvalue weighted by molar-refractivity contribution is 0.0697. The minimum atomic E-state index is -1.12. The molecular weight excluding hydrogens is 324 g/mol. The summed E-state index contributed by atoms with van der Waals surface area (Å²) in [6.07, 6.45) is 0.485. The number of aromatic nitrogens is 2. The van der Waals surface area contributed by atoms with Crippen molar-refractivity contribution in [1.82, 2.24) is 9.55 Å². The number of benzene rings is 2. The SMILES string of the molecule is COc1cccc(CCn2c(=O)[nH]c3cc(C(=O)O)ccc3c2=O)c1. The van der Waals surface area contributed by atoms with Gasteiger partial charge in [-0.05, 0) is 42.3 Å². The topological polar surface area (TPSA) is 101 Å². The second-order valence-corrected chi connectivity index (χ2v) is 5.55. The molecule has 0 aliphatic heterocycles. The van der Waals surface area contributed by atoms with Crippen LogP contribution in [0.15, 0.2) is 52.1 Å². The van der Waals surface area contributed by atoms with E-state index in [1.54, 1.807) is 7.11 Å². The first-order valence-electron chi connectivity index (χ1n) is 7.62. The second-order valence-electron chi connectivity index (χ2n) is 5.55. The molecule has 1 aromatic heterocycles. The number of fused-ring (bicyclic) bond motifs is 1. The maximum absolute atomic E-state index is 12.5. The third kappa shape index (κ3) is 3.30. The summed E-state index contributed by atoms with van der Waals surface area (Å²) >= 11 is 0. The number of hydrogen-bond donors (Lipinski definition) is 2. The second kappa shape index (κ2) is 6.64. The van der Waals surface area contributed by atoms with E-state index in [1.807, 2.05) is 24.3 Å². The van der Waals surface area contributed by atoms with Crippen LogP contribution in [-0.4, -0.2) is 27.7 Å². The first-order chi connectivity index (χ1) is 12.0. The summed E-state index contributed by atoms with van der Waals surface area (Å²) < 4.78 is 6.27. The predicted octanol–water partition coefficient (Wildman–Crippen LogP) is 1.64. The Kier molecular flexibility index (Phi) is 4.38. The molecule has 0 spiro atoms. The number of methoxy groups -OCH3 is 1. The largest absolute Gasteiger partial charge is 0.497 e. The number of nitrogens with one attached hydrogen (secondary N) is 1. The van der Waals surface area contributed by atoms with Gasteiger partial charge in [0.2, 0.25) is 0 Å². The van der Waals surface area contributed by atoms with Gasteiger partial charge in [-0.25, -0.2) is 9.59 Å². The van der Waals surface area contributed by atoms with Gasteiger partial charge in [0.25, 0.3) is 5.56 Å². The van der Waals surface area contributed by atoms with Crippen LogP contribution < -0.4 is 16.0 Å². The summed E-state index contributed by atoms with van der Waals surface area (Å²) in [6.45, 7) is 0.206. The molecule has 25 heavy (non-hydrogen) atoms. The number of ether oxygens (including phenoxy) is 1. The minimum Gasteiger partial charge on any atom is -0.497 e. The Labute approximate surface area is 142 Å². The number of nitrogens with zero attached hydrogens (tertiary/aromatic N) is 1. The molecule has 0 unspecified atom stereocenters. The average Bonchev–Trinajstić information content (AvgIpc) is 2.61. The number of rotatable bonds is 5. The molecule has 0 saturated carbocycles.